The van der Waals surface area contributed by atoms with Gasteiger partial charge in [0.2, 0.25) is 5.91 Å². The molecule has 40 heavy (non-hydrogen) atoms. The molecule has 2 amide bonds. The van der Waals surface area contributed by atoms with E-state index in [9.17, 15) is 18.0 Å². The summed E-state index contributed by atoms with van der Waals surface area (Å²) in [5.74, 6) is 0.793. The number of nitrogens with zero attached hydrogens (tertiary/aromatic N) is 3. The van der Waals surface area contributed by atoms with E-state index in [4.69, 9.17) is 4.74 Å². The number of rotatable bonds is 7. The molecular weight excluding hydrogens is 526 g/mol. The number of ether oxygens (including phenoxy) is 1. The molecule has 3 fully saturated rings. The largest absolute Gasteiger partial charge is 0.447 e. The standard InChI is InChI=1S/C31H41N3O5S/c1-23(2)39-30(36)34-21-26(28(22-34)25-7-5-4-6-8-25)20-32-16-13-31(14-17-32)15-18-33(29(31)35)19-24-9-11-27(12-10-24)40(3,37)38/h4-12,23,26,28H,13-22H2,1-3H3/t26-,28+/m0/s1. The molecule has 0 N–H and O–H groups in total. The Hall–Kier alpha value is -2.91. The minimum atomic E-state index is -3.24. The van der Waals surface area contributed by atoms with E-state index < -0.39 is 9.84 Å². The zero-order chi connectivity index (χ0) is 28.5. The average molecular weight is 568 g/mol. The number of sulfone groups is 1. The minimum absolute atomic E-state index is 0.143. The topological polar surface area (TPSA) is 87.2 Å². The van der Waals surface area contributed by atoms with Crippen molar-refractivity contribution in [2.45, 2.75) is 56.6 Å². The second kappa shape index (κ2) is 11.5. The summed E-state index contributed by atoms with van der Waals surface area (Å²) in [5.41, 5.74) is 1.90. The smallest absolute Gasteiger partial charge is 0.410 e. The molecule has 0 aliphatic carbocycles. The molecule has 3 aliphatic rings. The van der Waals surface area contributed by atoms with Crippen LogP contribution in [0.5, 0.6) is 0 Å². The number of carbonyl (C=O) groups excluding carboxylic acids is 2. The minimum Gasteiger partial charge on any atom is -0.447 e. The fourth-order valence-corrected chi connectivity index (χ4v) is 7.26. The van der Waals surface area contributed by atoms with Gasteiger partial charge in [0, 0.05) is 44.9 Å². The predicted molar refractivity (Wildman–Crippen MR) is 154 cm³/mol. The summed E-state index contributed by atoms with van der Waals surface area (Å²) in [5, 5.41) is 0. The number of piperidine rings is 1. The number of likely N-dealkylation sites (tertiary alicyclic amines) is 3. The van der Waals surface area contributed by atoms with E-state index in [1.807, 2.05) is 41.8 Å². The number of amides is 2. The number of hydrogen-bond acceptors (Lipinski definition) is 6. The molecule has 0 aromatic heterocycles. The van der Waals surface area contributed by atoms with Gasteiger partial charge in [-0.1, -0.05) is 42.5 Å². The van der Waals surface area contributed by atoms with Gasteiger partial charge in [0.1, 0.15) is 0 Å². The molecule has 9 heteroatoms. The Labute approximate surface area is 238 Å². The van der Waals surface area contributed by atoms with Gasteiger partial charge in [-0.15, -0.1) is 0 Å². The van der Waals surface area contributed by atoms with Crippen LogP contribution in [0, 0.1) is 11.3 Å². The first-order valence-electron chi connectivity index (χ1n) is 14.4. The van der Waals surface area contributed by atoms with Crippen LogP contribution in [0.25, 0.3) is 0 Å². The predicted octanol–water partition coefficient (Wildman–Crippen LogP) is 4.17. The fourth-order valence-electron chi connectivity index (χ4n) is 6.62. The van der Waals surface area contributed by atoms with Gasteiger partial charge in [0.15, 0.2) is 9.84 Å². The molecule has 0 saturated carbocycles. The number of benzene rings is 2. The Kier molecular flexibility index (Phi) is 8.25. The molecule has 1 spiro atoms. The van der Waals surface area contributed by atoms with Gasteiger partial charge >= 0.3 is 6.09 Å². The third-order valence-corrected chi connectivity index (χ3v) is 10.0. The highest BCUT2D eigenvalue weighted by Gasteiger charge is 2.48. The van der Waals surface area contributed by atoms with Crippen molar-refractivity contribution >= 4 is 21.8 Å². The van der Waals surface area contributed by atoms with Crippen molar-refractivity contribution in [2.24, 2.45) is 11.3 Å². The van der Waals surface area contributed by atoms with Crippen LogP contribution >= 0.6 is 0 Å². The maximum absolute atomic E-state index is 13.6. The Morgan fingerprint density at radius 1 is 0.975 bits per heavy atom. The Balaban J connectivity index is 1.19. The molecule has 2 aromatic carbocycles. The van der Waals surface area contributed by atoms with Gasteiger partial charge in [-0.05, 0) is 75.4 Å². The molecule has 5 rings (SSSR count). The Bertz CT molecular complexity index is 1300. The first kappa shape index (κ1) is 28.6. The zero-order valence-corrected chi connectivity index (χ0v) is 24.6. The molecule has 3 heterocycles. The molecular formula is C31H41N3O5S. The summed E-state index contributed by atoms with van der Waals surface area (Å²) in [6.07, 6.45) is 3.38. The van der Waals surface area contributed by atoms with E-state index in [0.717, 1.165) is 51.0 Å². The molecule has 0 unspecified atom stereocenters. The summed E-state index contributed by atoms with van der Waals surface area (Å²) in [7, 11) is -3.24. The average Bonchev–Trinajstić information content (AvgIpc) is 3.47. The summed E-state index contributed by atoms with van der Waals surface area (Å²) in [4.78, 5) is 32.8. The number of carbonyl (C=O) groups is 2. The monoisotopic (exact) mass is 567 g/mol. The zero-order valence-electron chi connectivity index (χ0n) is 23.8. The molecule has 2 aromatic rings. The van der Waals surface area contributed by atoms with Crippen molar-refractivity contribution in [3.8, 4) is 0 Å². The van der Waals surface area contributed by atoms with Gasteiger partial charge in [-0.2, -0.15) is 0 Å². The molecule has 0 bridgehead atoms. The van der Waals surface area contributed by atoms with Crippen molar-refractivity contribution in [1.29, 1.82) is 0 Å². The van der Waals surface area contributed by atoms with Crippen LogP contribution in [0.2, 0.25) is 0 Å². The summed E-state index contributed by atoms with van der Waals surface area (Å²) in [6, 6.07) is 17.3. The van der Waals surface area contributed by atoms with Crippen LogP contribution in [-0.4, -0.2) is 86.7 Å². The molecule has 2 atom stereocenters. The molecule has 3 saturated heterocycles. The van der Waals surface area contributed by atoms with E-state index in [0.29, 0.717) is 30.4 Å². The lowest BCUT2D eigenvalue weighted by Gasteiger charge is -2.39. The maximum Gasteiger partial charge on any atom is 0.410 e. The Morgan fingerprint density at radius 3 is 2.25 bits per heavy atom. The normalized spacial score (nSPS) is 23.4. The van der Waals surface area contributed by atoms with Crippen molar-refractivity contribution < 1.29 is 22.7 Å². The second-order valence-electron chi connectivity index (χ2n) is 12.1. The lowest BCUT2D eigenvalue weighted by Crippen LogP contribution is -2.46. The quantitative estimate of drug-likeness (QED) is 0.499. The SMILES string of the molecule is CC(C)OC(=O)N1C[C@H](CN2CCC3(CC2)CCN(Cc2ccc(S(C)(=O)=O)cc2)C3=O)[C@@H](c2ccccc2)C1. The molecule has 3 aliphatic heterocycles. The van der Waals surface area contributed by atoms with E-state index in [2.05, 4.69) is 29.2 Å². The van der Waals surface area contributed by atoms with Gasteiger partial charge in [-0.25, -0.2) is 13.2 Å². The van der Waals surface area contributed by atoms with Crippen LogP contribution in [0.3, 0.4) is 0 Å². The van der Waals surface area contributed by atoms with Gasteiger partial charge < -0.3 is 19.4 Å². The maximum atomic E-state index is 13.6. The molecule has 8 nitrogen and oxygen atoms in total. The lowest BCUT2D eigenvalue weighted by atomic mass is 9.76. The van der Waals surface area contributed by atoms with E-state index in [-0.39, 0.29) is 29.4 Å². The van der Waals surface area contributed by atoms with Crippen LogP contribution in [0.4, 0.5) is 4.79 Å². The first-order valence-corrected chi connectivity index (χ1v) is 16.2. The van der Waals surface area contributed by atoms with Gasteiger partial charge in [0.25, 0.3) is 0 Å². The fraction of sp³-hybridized carbons (Fsp3) is 0.548. The molecule has 216 valence electrons. The lowest BCUT2D eigenvalue weighted by molar-refractivity contribution is -0.139. The first-order chi connectivity index (χ1) is 19.0. The highest BCUT2D eigenvalue weighted by molar-refractivity contribution is 7.90. The van der Waals surface area contributed by atoms with Crippen molar-refractivity contribution in [2.75, 3.05) is 45.5 Å². The summed E-state index contributed by atoms with van der Waals surface area (Å²) >= 11 is 0. The highest BCUT2D eigenvalue weighted by atomic mass is 32.2. The summed E-state index contributed by atoms with van der Waals surface area (Å²) < 4.78 is 29.0. The van der Waals surface area contributed by atoms with Crippen LogP contribution < -0.4 is 0 Å². The second-order valence-corrected chi connectivity index (χ2v) is 14.1. The van der Waals surface area contributed by atoms with Crippen LogP contribution in [0.1, 0.15) is 50.2 Å². The van der Waals surface area contributed by atoms with Gasteiger partial charge in [-0.3, -0.25) is 4.79 Å². The third-order valence-electron chi connectivity index (χ3n) is 8.90. The van der Waals surface area contributed by atoms with Gasteiger partial charge in [0.05, 0.1) is 16.4 Å². The molecule has 0 radical (unpaired) electrons. The van der Waals surface area contributed by atoms with Crippen molar-refractivity contribution in [1.82, 2.24) is 14.7 Å². The highest BCUT2D eigenvalue weighted by Crippen LogP contribution is 2.43. The Morgan fingerprint density at radius 2 is 1.62 bits per heavy atom. The van der Waals surface area contributed by atoms with Crippen molar-refractivity contribution in [3.05, 3.63) is 65.7 Å². The summed E-state index contributed by atoms with van der Waals surface area (Å²) in [6.45, 7) is 8.98. The van der Waals surface area contributed by atoms with E-state index in [1.54, 1.807) is 12.1 Å². The van der Waals surface area contributed by atoms with Crippen LogP contribution in [0.15, 0.2) is 59.5 Å². The van der Waals surface area contributed by atoms with Crippen LogP contribution in [-0.2, 0) is 25.9 Å². The van der Waals surface area contributed by atoms with E-state index >= 15 is 0 Å². The van der Waals surface area contributed by atoms with E-state index in [1.165, 1.54) is 11.8 Å². The third kappa shape index (κ3) is 6.20. The van der Waals surface area contributed by atoms with Crippen molar-refractivity contribution in [3.63, 3.8) is 0 Å². The number of hydrogen-bond donors (Lipinski definition) is 0.